The molecule has 21 heterocycles. The molecular weight excluding hydrogens is 1090 g/mol. The molecule has 35 atom stereocenters. The minimum Gasteiger partial charge on any atom is -0.394 e. The van der Waals surface area contributed by atoms with Crippen molar-refractivity contribution in [1.82, 2.24) is 0 Å². The molecule has 21 aliphatic rings. The molecule has 19 N–H and O–H groups in total. The smallest absolute Gasteiger partial charge is 0.187 e. The van der Waals surface area contributed by atoms with Gasteiger partial charge in [-0.05, 0) is 13.8 Å². The zero-order chi connectivity index (χ0) is 57.8. The number of carbonyl (C=O) groups is 2. The normalized spacial score (nSPS) is 54.2. The molecule has 35 heteroatoms. The third kappa shape index (κ3) is 12.3. The highest BCUT2D eigenvalue weighted by Crippen LogP contribution is 2.39. The fourth-order valence-electron chi connectivity index (χ4n) is 10.6. The van der Waals surface area contributed by atoms with E-state index in [2.05, 4.69) is 0 Å². The number of hydrogen-bond donors (Lipinski definition) is 19. The average molecular weight is 1160 g/mol. The first-order chi connectivity index (χ1) is 37.4. The summed E-state index contributed by atoms with van der Waals surface area (Å²) in [6.45, 7) is -3.50. The summed E-state index contributed by atoms with van der Waals surface area (Å²) in [4.78, 5) is 26.1. The molecule has 0 radical (unpaired) electrons. The Kier molecular flexibility index (Phi) is 20.8. The zero-order valence-electron chi connectivity index (χ0n) is 41.8. The Hall–Kier alpha value is -1.98. The lowest BCUT2D eigenvalue weighted by molar-refractivity contribution is -0.394. The maximum atomic E-state index is 13.1. The summed E-state index contributed by atoms with van der Waals surface area (Å²) in [6, 6.07) is 0. The first-order valence-electron chi connectivity index (χ1n) is 25.2. The molecule has 0 aromatic carbocycles. The highest BCUT2D eigenvalue weighted by atomic mass is 16.8. The molecule has 21 aliphatic heterocycles. The summed E-state index contributed by atoms with van der Waals surface area (Å²) >= 11 is 0. The van der Waals surface area contributed by atoms with Crippen LogP contribution in [0.4, 0.5) is 0 Å². The molecule has 21 rings (SSSR count). The van der Waals surface area contributed by atoms with Crippen molar-refractivity contribution in [3.05, 3.63) is 0 Å². The number of ether oxygens (including phenoxy) is 14. The van der Waals surface area contributed by atoms with Crippen molar-refractivity contribution in [2.45, 2.75) is 229 Å². The van der Waals surface area contributed by atoms with Crippen LogP contribution in [-0.4, -0.2) is 357 Å². The Balaban J connectivity index is 1.09. The minimum atomic E-state index is -2.27. The van der Waals surface area contributed by atoms with Gasteiger partial charge in [0.1, 0.15) is 171 Å². The monoisotopic (exact) mass is 1160 g/mol. The summed E-state index contributed by atoms with van der Waals surface area (Å²) in [5, 5.41) is 210. The standard InChI is InChI=1S/C44H70O35/c1-8(50)29-36-21(58)28(65)44(72-29)77-35-14(7-49)68-40(24(61)17(35)54)75-33-12(5-47)70-42(26(63)19(33)56)79-37-20(57)27(64)43(71-30(37)9(2)51)76-34-13(6-48)67-39(23(60)16(34)53)73-31-10(3-45)66-38(22(59)15(31)52)74-32-11(4-46)69-41(78-36)25(62)18(32)55/h10-49,52-65H,3-7H2,1-2H3/t10-,11-,12-,13-,14-,15-,16-,17-,18-,19-,20-,21-,22-,23-,24-,25-,26-,27-,28-,29-,30-,31-,32-,33-,34-,35-,36+,37+,38-,39-,40-,41-,42-,43-,44-/m1/s1. The van der Waals surface area contributed by atoms with Gasteiger partial charge >= 0.3 is 0 Å². The van der Waals surface area contributed by atoms with E-state index in [9.17, 15) is 107 Å². The number of hydrogen-bond acceptors (Lipinski definition) is 35. The van der Waals surface area contributed by atoms with E-state index in [0.29, 0.717) is 0 Å². The molecule has 0 aliphatic carbocycles. The number of carbonyl (C=O) groups excluding carboxylic acids is 2. The lowest BCUT2D eigenvalue weighted by atomic mass is 9.94. The van der Waals surface area contributed by atoms with Gasteiger partial charge in [-0.25, -0.2) is 0 Å². The Labute approximate surface area is 445 Å². The van der Waals surface area contributed by atoms with Gasteiger partial charge in [0.15, 0.2) is 55.6 Å². The van der Waals surface area contributed by atoms with Crippen LogP contribution in [-0.2, 0) is 75.9 Å². The molecule has 21 fully saturated rings. The van der Waals surface area contributed by atoms with Gasteiger partial charge in [-0.15, -0.1) is 0 Å². The molecule has 0 aromatic heterocycles. The van der Waals surface area contributed by atoms with E-state index in [1.54, 1.807) is 0 Å². The average Bonchev–Trinajstić information content (AvgIpc) is 3.53. The highest BCUT2D eigenvalue weighted by molar-refractivity contribution is 5.81. The molecular formula is C44H70O35. The van der Waals surface area contributed by atoms with Crippen molar-refractivity contribution in [3.63, 3.8) is 0 Å². The van der Waals surface area contributed by atoms with Gasteiger partial charge in [-0.3, -0.25) is 9.59 Å². The number of aliphatic hydroxyl groups is 19. The van der Waals surface area contributed by atoms with Crippen molar-refractivity contribution in [3.8, 4) is 0 Å². The van der Waals surface area contributed by atoms with Crippen molar-refractivity contribution >= 4 is 11.6 Å². The molecule has 456 valence electrons. The lowest BCUT2D eigenvalue weighted by Crippen LogP contribution is -2.68. The Bertz CT molecular complexity index is 1970. The number of aliphatic hydroxyl groups excluding tert-OH is 19. The number of rotatable bonds is 7. The molecule has 35 nitrogen and oxygen atoms in total. The molecule has 0 saturated carbocycles. The molecule has 79 heavy (non-hydrogen) atoms. The molecule has 0 aromatic rings. The molecule has 14 bridgehead atoms. The molecule has 21 saturated heterocycles. The summed E-state index contributed by atoms with van der Waals surface area (Å²) in [7, 11) is 0. The van der Waals surface area contributed by atoms with Crippen LogP contribution in [0.3, 0.4) is 0 Å². The third-order valence-corrected chi connectivity index (χ3v) is 15.0. The van der Waals surface area contributed by atoms with Gasteiger partial charge in [0, 0.05) is 0 Å². The van der Waals surface area contributed by atoms with Crippen LogP contribution in [0.15, 0.2) is 0 Å². The van der Waals surface area contributed by atoms with Crippen LogP contribution in [0.1, 0.15) is 13.8 Å². The van der Waals surface area contributed by atoms with E-state index < -0.39 is 260 Å². The van der Waals surface area contributed by atoms with Gasteiger partial charge in [0.25, 0.3) is 0 Å². The highest BCUT2D eigenvalue weighted by Gasteiger charge is 2.60. The predicted molar refractivity (Wildman–Crippen MR) is 236 cm³/mol. The Morgan fingerprint density at radius 3 is 0.557 bits per heavy atom. The van der Waals surface area contributed by atoms with Crippen LogP contribution < -0.4 is 0 Å². The second-order valence-electron chi connectivity index (χ2n) is 20.3. The van der Waals surface area contributed by atoms with Gasteiger partial charge in [0.2, 0.25) is 0 Å². The van der Waals surface area contributed by atoms with Crippen molar-refractivity contribution in [2.24, 2.45) is 0 Å². The molecule has 0 unspecified atom stereocenters. The first-order valence-corrected chi connectivity index (χ1v) is 25.2. The topological polar surface area (TPSA) is 548 Å². The van der Waals surface area contributed by atoms with Crippen LogP contribution in [0.5, 0.6) is 0 Å². The minimum absolute atomic E-state index is 0.932. The van der Waals surface area contributed by atoms with Gasteiger partial charge in [-0.2, -0.15) is 0 Å². The first kappa shape index (κ1) is 63.1. The zero-order valence-corrected chi connectivity index (χ0v) is 41.8. The van der Waals surface area contributed by atoms with Crippen LogP contribution in [0, 0.1) is 0 Å². The molecule has 0 spiro atoms. The largest absolute Gasteiger partial charge is 0.394 e. The van der Waals surface area contributed by atoms with Crippen LogP contribution in [0.2, 0.25) is 0 Å². The predicted octanol–water partition coefficient (Wildman–Crippen LogP) is -14.0. The maximum Gasteiger partial charge on any atom is 0.187 e. The van der Waals surface area contributed by atoms with E-state index in [1.165, 1.54) is 0 Å². The van der Waals surface area contributed by atoms with E-state index in [0.717, 1.165) is 13.8 Å². The third-order valence-electron chi connectivity index (χ3n) is 15.0. The van der Waals surface area contributed by atoms with E-state index in [4.69, 9.17) is 66.3 Å². The van der Waals surface area contributed by atoms with E-state index in [-0.39, 0.29) is 0 Å². The summed E-state index contributed by atoms with van der Waals surface area (Å²) in [5.41, 5.74) is 0. The second kappa shape index (κ2) is 26.1. The lowest BCUT2D eigenvalue weighted by Gasteiger charge is -2.49. The fraction of sp³-hybridized carbons (Fsp3) is 0.955. The van der Waals surface area contributed by atoms with Crippen molar-refractivity contribution in [1.29, 1.82) is 0 Å². The Morgan fingerprint density at radius 2 is 0.392 bits per heavy atom. The summed E-state index contributed by atoms with van der Waals surface area (Å²) in [5.74, 6) is -1.88. The fourth-order valence-corrected chi connectivity index (χ4v) is 10.6. The van der Waals surface area contributed by atoms with Gasteiger partial charge < -0.3 is 163 Å². The van der Waals surface area contributed by atoms with Crippen LogP contribution in [0.25, 0.3) is 0 Å². The summed E-state index contributed by atoms with van der Waals surface area (Å²) in [6.07, 6.45) is -72.3. The quantitative estimate of drug-likeness (QED) is 0.113. The number of Topliss-reactive ketones (excluding diaryl/α,β-unsaturated/α-hetero) is 2. The van der Waals surface area contributed by atoms with Gasteiger partial charge in [0.05, 0.1) is 33.0 Å². The Morgan fingerprint density at radius 1 is 0.241 bits per heavy atom. The summed E-state index contributed by atoms with van der Waals surface area (Å²) < 4.78 is 79.6. The van der Waals surface area contributed by atoms with E-state index >= 15 is 0 Å². The SMILES string of the molecule is CC(=O)[C@H]1O[C@@H]2O[C@H]3[C@H](O)[C@@H](O)[C@@H](O[C@H]4[C@H](O)[C@@H](O)[C@@H](O[C@H]5[C@H](O)[C@@H](O)[C@@H](O[C@H]6[C@H](O)[C@@H](O)[C@@H](O[C@H]7[C@H](O)[C@@H](O)[C@@H](O[C@H]8[C@H](O)[C@@H](O)[C@@H](O[C@H]1[C@H](O)[C@H]2O)O[C@@H]8CO)O[C@@H]7CO)O[C@@H]6C(C)=O)O[C@@H]5CO)O[C@@H]4CO)O[C@@H]3CO. The van der Waals surface area contributed by atoms with Gasteiger partial charge in [-0.1, -0.05) is 0 Å². The van der Waals surface area contributed by atoms with E-state index in [1.807, 2.05) is 0 Å². The van der Waals surface area contributed by atoms with Crippen molar-refractivity contribution in [2.75, 3.05) is 33.0 Å². The van der Waals surface area contributed by atoms with Crippen molar-refractivity contribution < 1.29 is 173 Å². The van der Waals surface area contributed by atoms with Crippen LogP contribution >= 0.6 is 0 Å². The maximum absolute atomic E-state index is 13.1. The second-order valence-corrected chi connectivity index (χ2v) is 20.3. The number of ketones is 2. The molecule has 0 amide bonds.